The Morgan fingerprint density at radius 2 is 2.12 bits per heavy atom. The first-order valence-corrected chi connectivity index (χ1v) is 6.35. The Hall–Kier alpha value is -0.550. The van der Waals surface area contributed by atoms with Crippen molar-refractivity contribution >= 4 is 11.8 Å². The Balaban J connectivity index is 1.77. The van der Waals surface area contributed by atoms with E-state index in [2.05, 4.69) is 12.2 Å². The van der Waals surface area contributed by atoms with Crippen molar-refractivity contribution in [3.63, 3.8) is 0 Å². The van der Waals surface area contributed by atoms with E-state index in [1.54, 1.807) is 6.07 Å². The van der Waals surface area contributed by atoms with Crippen molar-refractivity contribution in [3.05, 3.63) is 23.7 Å². The van der Waals surface area contributed by atoms with Crippen LogP contribution in [0.3, 0.4) is 0 Å². The van der Waals surface area contributed by atoms with Gasteiger partial charge >= 0.3 is 0 Å². The highest BCUT2D eigenvalue weighted by atomic mass is 32.2. The summed E-state index contributed by atoms with van der Waals surface area (Å²) >= 11 is 0.586. The number of furan rings is 1. The number of nitrogens with one attached hydrogen (secondary N) is 1. The lowest BCUT2D eigenvalue weighted by Gasteiger charge is -2.08. The van der Waals surface area contributed by atoms with Crippen molar-refractivity contribution in [1.82, 2.24) is 5.32 Å². The molecule has 1 aromatic rings. The van der Waals surface area contributed by atoms with Gasteiger partial charge in [0.25, 0.3) is 5.76 Å². The maximum absolute atomic E-state index is 11.9. The van der Waals surface area contributed by atoms with Crippen LogP contribution >= 0.6 is 11.8 Å². The molecule has 1 aliphatic carbocycles. The monoisotopic (exact) mass is 247 g/mol. The Kier molecular flexibility index (Phi) is 3.54. The summed E-state index contributed by atoms with van der Waals surface area (Å²) in [5.41, 5.74) is 0.269. The fraction of sp³-hybridized carbons (Fsp3) is 0.636. The van der Waals surface area contributed by atoms with E-state index in [1.165, 1.54) is 12.8 Å². The normalized spacial score (nSPS) is 18.0. The number of hydrogen-bond acceptors (Lipinski definition) is 3. The summed E-state index contributed by atoms with van der Waals surface area (Å²) < 4.78 is 29.3. The van der Waals surface area contributed by atoms with Crippen molar-refractivity contribution in [2.24, 2.45) is 0 Å². The molecule has 1 aliphatic rings. The topological polar surface area (TPSA) is 25.2 Å². The molecule has 1 heterocycles. The van der Waals surface area contributed by atoms with Crippen LogP contribution in [0.4, 0.5) is 8.78 Å². The number of thioether (sulfide) groups is 1. The van der Waals surface area contributed by atoms with Gasteiger partial charge in [0, 0.05) is 5.54 Å². The fourth-order valence-electron chi connectivity index (χ4n) is 1.40. The molecular formula is C11H15F2NOS. The van der Waals surface area contributed by atoms with E-state index < -0.39 is 5.76 Å². The predicted molar refractivity (Wildman–Crippen MR) is 60.5 cm³/mol. The molecule has 1 saturated carbocycles. The first-order chi connectivity index (χ1) is 7.57. The van der Waals surface area contributed by atoms with E-state index in [0.717, 1.165) is 5.76 Å². The van der Waals surface area contributed by atoms with E-state index in [0.29, 0.717) is 24.1 Å². The quantitative estimate of drug-likeness (QED) is 0.834. The van der Waals surface area contributed by atoms with E-state index in [-0.39, 0.29) is 11.3 Å². The van der Waals surface area contributed by atoms with Crippen LogP contribution in [0, 0.1) is 0 Å². The highest BCUT2D eigenvalue weighted by molar-refractivity contribution is 7.98. The molecule has 1 aromatic heterocycles. The summed E-state index contributed by atoms with van der Waals surface area (Å²) in [5, 5.41) is 3.38. The van der Waals surface area contributed by atoms with Crippen LogP contribution in [-0.2, 0) is 12.3 Å². The SMILES string of the molecule is CC1(NCc2ccc(CSC(F)F)o2)CC1. The van der Waals surface area contributed by atoms with Gasteiger partial charge in [0.1, 0.15) is 11.5 Å². The van der Waals surface area contributed by atoms with Crippen LogP contribution in [-0.4, -0.2) is 11.3 Å². The number of hydrogen-bond donors (Lipinski definition) is 1. The Morgan fingerprint density at radius 1 is 1.44 bits per heavy atom. The third-order valence-corrected chi connectivity index (χ3v) is 3.46. The first-order valence-electron chi connectivity index (χ1n) is 5.30. The van der Waals surface area contributed by atoms with Crippen LogP contribution in [0.5, 0.6) is 0 Å². The van der Waals surface area contributed by atoms with Gasteiger partial charge in [0.2, 0.25) is 0 Å². The molecule has 0 atom stereocenters. The van der Waals surface area contributed by atoms with Crippen molar-refractivity contribution in [1.29, 1.82) is 0 Å². The minimum Gasteiger partial charge on any atom is -0.464 e. The molecule has 0 spiro atoms. The molecule has 0 radical (unpaired) electrons. The third-order valence-electron chi connectivity index (χ3n) is 2.76. The van der Waals surface area contributed by atoms with Crippen LogP contribution in [0.15, 0.2) is 16.5 Å². The predicted octanol–water partition coefficient (Wildman–Crippen LogP) is 3.38. The van der Waals surface area contributed by atoms with Gasteiger partial charge in [-0.25, -0.2) is 0 Å². The number of rotatable bonds is 6. The summed E-state index contributed by atoms with van der Waals surface area (Å²) in [6, 6.07) is 3.61. The zero-order valence-electron chi connectivity index (χ0n) is 9.13. The lowest BCUT2D eigenvalue weighted by atomic mass is 10.3. The lowest BCUT2D eigenvalue weighted by Crippen LogP contribution is -2.26. The molecule has 16 heavy (non-hydrogen) atoms. The molecule has 0 bridgehead atoms. The fourth-order valence-corrected chi connectivity index (χ4v) is 1.85. The van der Waals surface area contributed by atoms with E-state index >= 15 is 0 Å². The van der Waals surface area contributed by atoms with Crippen molar-refractivity contribution in [2.75, 3.05) is 0 Å². The molecule has 0 aromatic carbocycles. The molecule has 2 nitrogen and oxygen atoms in total. The van der Waals surface area contributed by atoms with Crippen LogP contribution in [0.1, 0.15) is 31.3 Å². The second-order valence-electron chi connectivity index (χ2n) is 4.35. The van der Waals surface area contributed by atoms with Crippen LogP contribution in [0.25, 0.3) is 0 Å². The molecule has 1 N–H and O–H groups in total. The number of halogens is 2. The average Bonchev–Trinajstić information content (AvgIpc) is 2.80. The Labute approximate surface area is 97.8 Å². The van der Waals surface area contributed by atoms with Crippen molar-refractivity contribution < 1.29 is 13.2 Å². The highest BCUT2D eigenvalue weighted by Gasteiger charge is 2.36. The second kappa shape index (κ2) is 4.75. The van der Waals surface area contributed by atoms with E-state index in [4.69, 9.17) is 4.42 Å². The zero-order valence-corrected chi connectivity index (χ0v) is 9.95. The van der Waals surface area contributed by atoms with Gasteiger partial charge in [-0.1, -0.05) is 11.8 Å². The minimum atomic E-state index is -2.34. The second-order valence-corrected chi connectivity index (χ2v) is 5.33. The summed E-state index contributed by atoms with van der Waals surface area (Å²) in [7, 11) is 0. The highest BCUT2D eigenvalue weighted by Crippen LogP contribution is 2.34. The summed E-state index contributed by atoms with van der Waals surface area (Å²) in [6.45, 7) is 2.85. The number of alkyl halides is 2. The van der Waals surface area contributed by atoms with Gasteiger partial charge in [-0.15, -0.1) is 0 Å². The molecule has 5 heteroatoms. The van der Waals surface area contributed by atoms with Crippen LogP contribution in [0.2, 0.25) is 0 Å². The van der Waals surface area contributed by atoms with Crippen LogP contribution < -0.4 is 5.32 Å². The standard InChI is InChI=1S/C11H15F2NOS/c1-11(4-5-11)14-6-8-2-3-9(15-8)7-16-10(12)13/h2-3,10,14H,4-7H2,1H3. The van der Waals surface area contributed by atoms with E-state index in [9.17, 15) is 8.78 Å². The zero-order chi connectivity index (χ0) is 11.6. The third kappa shape index (κ3) is 3.49. The largest absolute Gasteiger partial charge is 0.464 e. The lowest BCUT2D eigenvalue weighted by molar-refractivity contribution is 0.251. The van der Waals surface area contributed by atoms with Gasteiger partial charge in [0.05, 0.1) is 12.3 Å². The summed E-state index contributed by atoms with van der Waals surface area (Å²) in [5.74, 6) is -0.673. The van der Waals surface area contributed by atoms with Gasteiger partial charge in [-0.3, -0.25) is 0 Å². The van der Waals surface area contributed by atoms with Gasteiger partial charge in [0.15, 0.2) is 0 Å². The van der Waals surface area contributed by atoms with Gasteiger partial charge in [-0.05, 0) is 31.9 Å². The van der Waals surface area contributed by atoms with Crippen molar-refractivity contribution in [3.8, 4) is 0 Å². The minimum absolute atomic E-state index is 0.231. The summed E-state index contributed by atoms with van der Waals surface area (Å²) in [4.78, 5) is 0. The summed E-state index contributed by atoms with van der Waals surface area (Å²) in [6.07, 6.45) is 2.39. The molecule has 0 amide bonds. The smallest absolute Gasteiger partial charge is 0.284 e. The van der Waals surface area contributed by atoms with Crippen molar-refractivity contribution in [2.45, 2.75) is 43.4 Å². The molecule has 0 saturated heterocycles. The Morgan fingerprint density at radius 3 is 2.75 bits per heavy atom. The first kappa shape index (κ1) is 11.9. The average molecular weight is 247 g/mol. The molecular weight excluding hydrogens is 232 g/mol. The van der Waals surface area contributed by atoms with E-state index in [1.807, 2.05) is 6.07 Å². The van der Waals surface area contributed by atoms with Gasteiger partial charge in [-0.2, -0.15) is 8.78 Å². The molecule has 2 rings (SSSR count). The molecule has 0 unspecified atom stereocenters. The molecule has 90 valence electrons. The molecule has 1 fully saturated rings. The molecule has 0 aliphatic heterocycles. The van der Waals surface area contributed by atoms with Gasteiger partial charge < -0.3 is 9.73 Å². The Bertz CT molecular complexity index is 350. The maximum atomic E-state index is 11.9. The maximum Gasteiger partial charge on any atom is 0.284 e.